The van der Waals surface area contributed by atoms with Gasteiger partial charge in [-0.3, -0.25) is 9.36 Å². The number of hydrogen-bond acceptors (Lipinski definition) is 5. The van der Waals surface area contributed by atoms with Crippen LogP contribution in [0.3, 0.4) is 0 Å². The maximum Gasteiger partial charge on any atom is 0.344 e. The molecule has 0 spiro atoms. The van der Waals surface area contributed by atoms with E-state index in [-0.39, 0.29) is 17.7 Å². The molecule has 3 rings (SSSR count). The van der Waals surface area contributed by atoms with Crippen molar-refractivity contribution in [2.45, 2.75) is 56.7 Å². The average molecular weight is 376 g/mol. The van der Waals surface area contributed by atoms with Crippen LogP contribution in [0.2, 0.25) is 0 Å². The van der Waals surface area contributed by atoms with E-state index in [1.54, 1.807) is 11.5 Å². The van der Waals surface area contributed by atoms with E-state index >= 15 is 0 Å². The molecule has 140 valence electrons. The van der Waals surface area contributed by atoms with Crippen LogP contribution in [-0.4, -0.2) is 38.6 Å². The van der Waals surface area contributed by atoms with E-state index in [1.807, 2.05) is 32.0 Å². The Morgan fingerprint density at radius 2 is 2.31 bits per heavy atom. The summed E-state index contributed by atoms with van der Waals surface area (Å²) < 4.78 is 7.16. The van der Waals surface area contributed by atoms with Gasteiger partial charge in [0.2, 0.25) is 5.91 Å². The summed E-state index contributed by atoms with van der Waals surface area (Å²) in [6, 6.07) is 5.94. The number of aryl methyl sites for hydroxylation is 2. The van der Waals surface area contributed by atoms with Crippen LogP contribution in [0.5, 0.6) is 0 Å². The summed E-state index contributed by atoms with van der Waals surface area (Å²) in [5.41, 5.74) is 2.63. The van der Waals surface area contributed by atoms with Crippen molar-refractivity contribution < 1.29 is 9.53 Å². The predicted octanol–water partition coefficient (Wildman–Crippen LogP) is 2.49. The van der Waals surface area contributed by atoms with Gasteiger partial charge in [-0.2, -0.15) is 0 Å². The SMILES string of the molecule is Cc1ccc(C)c(NC(=O)[C@@H](C)Sc2n[nH]c(=O)n2C[C@H]2CCCO2)c1. The maximum atomic E-state index is 12.6. The first-order valence-electron chi connectivity index (χ1n) is 8.75. The molecule has 0 aliphatic carbocycles. The number of aromatic nitrogens is 3. The molecule has 1 amide bonds. The molecule has 7 nitrogen and oxygen atoms in total. The number of nitrogens with zero attached hydrogens (tertiary/aromatic N) is 2. The number of carbonyl (C=O) groups excluding carboxylic acids is 1. The number of rotatable bonds is 6. The number of ether oxygens (including phenoxy) is 1. The largest absolute Gasteiger partial charge is 0.376 e. The topological polar surface area (TPSA) is 89.0 Å². The molecule has 2 aromatic rings. The third-order valence-electron chi connectivity index (χ3n) is 4.44. The Balaban J connectivity index is 1.67. The molecule has 26 heavy (non-hydrogen) atoms. The number of carbonyl (C=O) groups is 1. The molecule has 1 aliphatic rings. The zero-order valence-electron chi connectivity index (χ0n) is 15.2. The highest BCUT2D eigenvalue weighted by Crippen LogP contribution is 2.24. The second-order valence-corrected chi connectivity index (χ2v) is 7.93. The van der Waals surface area contributed by atoms with Crippen molar-refractivity contribution in [2.75, 3.05) is 11.9 Å². The summed E-state index contributed by atoms with van der Waals surface area (Å²) in [6.07, 6.45) is 1.97. The number of H-pyrrole nitrogens is 1. The number of thioether (sulfide) groups is 1. The van der Waals surface area contributed by atoms with Crippen LogP contribution < -0.4 is 11.0 Å². The van der Waals surface area contributed by atoms with Crippen molar-refractivity contribution in [3.05, 3.63) is 39.8 Å². The number of hydrogen-bond donors (Lipinski definition) is 2. The minimum atomic E-state index is -0.395. The molecule has 1 fully saturated rings. The molecule has 0 saturated carbocycles. The van der Waals surface area contributed by atoms with E-state index in [0.717, 1.165) is 36.3 Å². The molecule has 1 aromatic heterocycles. The van der Waals surface area contributed by atoms with Crippen LogP contribution in [0.1, 0.15) is 30.9 Å². The molecule has 0 radical (unpaired) electrons. The van der Waals surface area contributed by atoms with Crippen LogP contribution >= 0.6 is 11.8 Å². The smallest absolute Gasteiger partial charge is 0.344 e. The third-order valence-corrected chi connectivity index (χ3v) is 5.53. The standard InChI is InChI=1S/C18H24N4O3S/c1-11-6-7-12(2)15(9-11)19-16(23)13(3)26-18-21-20-17(24)22(18)10-14-5-4-8-25-14/h6-7,9,13-14H,4-5,8,10H2,1-3H3,(H,19,23)(H,20,24)/t13-,14-/m1/s1. The monoisotopic (exact) mass is 376 g/mol. The van der Waals surface area contributed by atoms with E-state index in [9.17, 15) is 9.59 Å². The molecule has 8 heteroatoms. The van der Waals surface area contributed by atoms with Crippen LogP contribution in [0, 0.1) is 13.8 Å². The normalized spacial score (nSPS) is 18.0. The van der Waals surface area contributed by atoms with Crippen LogP contribution in [0.15, 0.2) is 28.2 Å². The zero-order valence-corrected chi connectivity index (χ0v) is 16.1. The van der Waals surface area contributed by atoms with Gasteiger partial charge in [-0.25, -0.2) is 9.89 Å². The lowest BCUT2D eigenvalue weighted by Crippen LogP contribution is -2.27. The number of aromatic amines is 1. The first-order chi connectivity index (χ1) is 12.4. The van der Waals surface area contributed by atoms with Crippen LogP contribution in [0.4, 0.5) is 5.69 Å². The minimum absolute atomic E-state index is 0.0312. The van der Waals surface area contributed by atoms with Gasteiger partial charge in [0.1, 0.15) is 0 Å². The summed E-state index contributed by atoms with van der Waals surface area (Å²) in [5.74, 6) is -0.122. The Kier molecular flexibility index (Phi) is 5.83. The van der Waals surface area contributed by atoms with Crippen molar-refractivity contribution in [1.82, 2.24) is 14.8 Å². The van der Waals surface area contributed by atoms with E-state index < -0.39 is 5.25 Å². The van der Waals surface area contributed by atoms with Crippen molar-refractivity contribution >= 4 is 23.4 Å². The lowest BCUT2D eigenvalue weighted by atomic mass is 10.1. The molecule has 1 aromatic carbocycles. The molecule has 2 N–H and O–H groups in total. The number of amides is 1. The van der Waals surface area contributed by atoms with Crippen molar-refractivity contribution in [3.8, 4) is 0 Å². The molecule has 2 heterocycles. The van der Waals surface area contributed by atoms with Gasteiger partial charge in [-0.05, 0) is 50.8 Å². The Bertz CT molecular complexity index is 839. The highest BCUT2D eigenvalue weighted by molar-refractivity contribution is 8.00. The van der Waals surface area contributed by atoms with Crippen LogP contribution in [0.25, 0.3) is 0 Å². The highest BCUT2D eigenvalue weighted by Gasteiger charge is 2.23. The van der Waals surface area contributed by atoms with E-state index in [4.69, 9.17) is 4.74 Å². The fourth-order valence-electron chi connectivity index (χ4n) is 2.86. The Morgan fingerprint density at radius 3 is 3.04 bits per heavy atom. The van der Waals surface area contributed by atoms with Gasteiger partial charge in [0.05, 0.1) is 17.9 Å². The molecule has 2 atom stereocenters. The zero-order chi connectivity index (χ0) is 18.7. The molecular weight excluding hydrogens is 352 g/mol. The number of nitrogens with one attached hydrogen (secondary N) is 2. The fraction of sp³-hybridized carbons (Fsp3) is 0.500. The highest BCUT2D eigenvalue weighted by atomic mass is 32.2. The minimum Gasteiger partial charge on any atom is -0.376 e. The predicted molar refractivity (Wildman–Crippen MR) is 102 cm³/mol. The molecule has 1 aliphatic heterocycles. The first kappa shape index (κ1) is 18.7. The molecule has 0 unspecified atom stereocenters. The quantitative estimate of drug-likeness (QED) is 0.756. The lowest BCUT2D eigenvalue weighted by Gasteiger charge is -2.15. The first-order valence-corrected chi connectivity index (χ1v) is 9.63. The lowest BCUT2D eigenvalue weighted by molar-refractivity contribution is -0.115. The van der Waals surface area contributed by atoms with Gasteiger partial charge < -0.3 is 10.1 Å². The van der Waals surface area contributed by atoms with E-state index in [1.165, 1.54) is 11.8 Å². The maximum absolute atomic E-state index is 12.6. The van der Waals surface area contributed by atoms with E-state index in [2.05, 4.69) is 15.5 Å². The second kappa shape index (κ2) is 8.09. The summed E-state index contributed by atoms with van der Waals surface area (Å²) in [5, 5.41) is 9.62. The summed E-state index contributed by atoms with van der Waals surface area (Å²) in [7, 11) is 0. The molecular formula is C18H24N4O3S. The van der Waals surface area contributed by atoms with Crippen molar-refractivity contribution in [1.29, 1.82) is 0 Å². The van der Waals surface area contributed by atoms with Crippen LogP contribution in [-0.2, 0) is 16.1 Å². The third kappa shape index (κ3) is 4.37. The second-order valence-electron chi connectivity index (χ2n) is 6.62. The van der Waals surface area contributed by atoms with Gasteiger partial charge in [0.15, 0.2) is 5.16 Å². The average Bonchev–Trinajstić information content (AvgIpc) is 3.23. The Hall–Kier alpha value is -2.06. The summed E-state index contributed by atoms with van der Waals surface area (Å²) in [6.45, 7) is 6.94. The number of benzene rings is 1. The van der Waals surface area contributed by atoms with Gasteiger partial charge in [-0.1, -0.05) is 23.9 Å². The molecule has 1 saturated heterocycles. The summed E-state index contributed by atoms with van der Waals surface area (Å²) in [4.78, 5) is 24.6. The summed E-state index contributed by atoms with van der Waals surface area (Å²) >= 11 is 1.26. The molecule has 0 bridgehead atoms. The van der Waals surface area contributed by atoms with E-state index in [0.29, 0.717) is 11.7 Å². The van der Waals surface area contributed by atoms with Gasteiger partial charge in [-0.15, -0.1) is 5.10 Å². The van der Waals surface area contributed by atoms with Gasteiger partial charge in [0.25, 0.3) is 0 Å². The number of anilines is 1. The van der Waals surface area contributed by atoms with Crippen molar-refractivity contribution in [3.63, 3.8) is 0 Å². The van der Waals surface area contributed by atoms with Gasteiger partial charge >= 0.3 is 5.69 Å². The fourth-order valence-corrected chi connectivity index (χ4v) is 3.73. The van der Waals surface area contributed by atoms with Crippen molar-refractivity contribution in [2.24, 2.45) is 0 Å². The Labute approximate surface area is 156 Å². The van der Waals surface area contributed by atoms with Gasteiger partial charge in [0, 0.05) is 12.3 Å². The Morgan fingerprint density at radius 1 is 1.50 bits per heavy atom.